The fourth-order valence-corrected chi connectivity index (χ4v) is 0.701. The Kier molecular flexibility index (Phi) is 6.26. The van der Waals surface area contributed by atoms with Crippen molar-refractivity contribution in [2.45, 2.75) is 6.92 Å². The fourth-order valence-electron chi connectivity index (χ4n) is 0.701. The van der Waals surface area contributed by atoms with Gasteiger partial charge in [0.05, 0.1) is 0 Å². The molecule has 0 heteroatoms. The molecule has 0 nitrogen and oxygen atoms in total. The molecule has 0 aliphatic carbocycles. The van der Waals surface area contributed by atoms with Crippen LogP contribution in [0.5, 0.6) is 0 Å². The van der Waals surface area contributed by atoms with E-state index in [9.17, 15) is 0 Å². The van der Waals surface area contributed by atoms with Crippen molar-refractivity contribution < 1.29 is 0 Å². The maximum Gasteiger partial charge on any atom is -0.0299 e. The van der Waals surface area contributed by atoms with Crippen LogP contribution in [0.15, 0.2) is 73.4 Å². The fraction of sp³-hybridized carbons (Fsp3) is 0.0769. The smallest absolute Gasteiger partial charge is 0.0299 e. The van der Waals surface area contributed by atoms with Crippen LogP contribution in [0.4, 0.5) is 0 Å². The Bertz CT molecular complexity index is 272. The summed E-state index contributed by atoms with van der Waals surface area (Å²) in [6.07, 6.45) is 13.1. The second-order valence-electron chi connectivity index (χ2n) is 2.59. The topological polar surface area (TPSA) is 0 Å². The molecular weight excluding hydrogens is 156 g/mol. The number of allylic oxidation sites excluding steroid dienone is 9. The molecule has 0 amide bonds. The molecule has 0 spiro atoms. The van der Waals surface area contributed by atoms with Crippen molar-refractivity contribution in [1.29, 1.82) is 0 Å². The first-order chi connectivity index (χ1) is 6.22. The lowest BCUT2D eigenvalue weighted by Gasteiger charge is -1.96. The molecule has 0 fully saturated rings. The summed E-state index contributed by atoms with van der Waals surface area (Å²) in [5.41, 5.74) is 2.13. The van der Waals surface area contributed by atoms with Gasteiger partial charge < -0.3 is 0 Å². The summed E-state index contributed by atoms with van der Waals surface area (Å²) >= 11 is 0. The Morgan fingerprint density at radius 3 is 2.15 bits per heavy atom. The summed E-state index contributed by atoms with van der Waals surface area (Å²) < 4.78 is 0. The lowest BCUT2D eigenvalue weighted by molar-refractivity contribution is 1.44. The van der Waals surface area contributed by atoms with E-state index in [-0.39, 0.29) is 0 Å². The molecule has 0 aromatic rings. The normalized spacial score (nSPS) is 12.2. The molecule has 0 aromatic heterocycles. The Hall–Kier alpha value is -1.56. The molecule has 0 saturated heterocycles. The first kappa shape index (κ1) is 11.4. The van der Waals surface area contributed by atoms with Crippen LogP contribution < -0.4 is 0 Å². The first-order valence-electron chi connectivity index (χ1n) is 4.16. The first-order valence-corrected chi connectivity index (χ1v) is 4.16. The van der Waals surface area contributed by atoms with Crippen molar-refractivity contribution in [2.75, 3.05) is 0 Å². The monoisotopic (exact) mass is 172 g/mol. The molecule has 0 bridgehead atoms. The van der Waals surface area contributed by atoms with Crippen LogP contribution in [0.2, 0.25) is 0 Å². The van der Waals surface area contributed by atoms with Crippen molar-refractivity contribution in [3.63, 3.8) is 0 Å². The second kappa shape index (κ2) is 7.11. The van der Waals surface area contributed by atoms with Crippen molar-refractivity contribution >= 4 is 0 Å². The van der Waals surface area contributed by atoms with Gasteiger partial charge in [0.1, 0.15) is 0 Å². The van der Waals surface area contributed by atoms with Gasteiger partial charge in [-0.3, -0.25) is 0 Å². The summed E-state index contributed by atoms with van der Waals surface area (Å²) in [5, 5.41) is 0. The predicted molar refractivity (Wildman–Crippen MR) is 61.6 cm³/mol. The molecule has 0 saturated carbocycles. The summed E-state index contributed by atoms with van der Waals surface area (Å²) in [6.45, 7) is 13.1. The maximum atomic E-state index is 3.91. The molecule has 0 aliphatic rings. The molecule has 0 rings (SSSR count). The van der Waals surface area contributed by atoms with Crippen molar-refractivity contribution in [2.24, 2.45) is 0 Å². The zero-order valence-corrected chi connectivity index (χ0v) is 8.16. The van der Waals surface area contributed by atoms with Gasteiger partial charge in [-0.05, 0) is 18.1 Å². The number of hydrogen-bond acceptors (Lipinski definition) is 0. The quantitative estimate of drug-likeness (QED) is 0.550. The summed E-state index contributed by atoms with van der Waals surface area (Å²) in [4.78, 5) is 0. The van der Waals surface area contributed by atoms with Crippen LogP contribution in [0.3, 0.4) is 0 Å². The molecule has 13 heavy (non-hydrogen) atoms. The Morgan fingerprint density at radius 1 is 1.00 bits per heavy atom. The Balaban J connectivity index is 4.32. The summed E-state index contributed by atoms with van der Waals surface area (Å²) in [6, 6.07) is 0. The minimum Gasteiger partial charge on any atom is -0.0991 e. The molecular formula is C13H16. The lowest BCUT2D eigenvalue weighted by Crippen LogP contribution is -1.76. The van der Waals surface area contributed by atoms with E-state index in [2.05, 4.69) is 19.7 Å². The van der Waals surface area contributed by atoms with Crippen molar-refractivity contribution in [3.05, 3.63) is 73.4 Å². The van der Waals surface area contributed by atoms with Crippen LogP contribution >= 0.6 is 0 Å². The van der Waals surface area contributed by atoms with E-state index < -0.39 is 0 Å². The van der Waals surface area contributed by atoms with E-state index in [0.29, 0.717) is 0 Å². The van der Waals surface area contributed by atoms with E-state index in [1.54, 1.807) is 12.2 Å². The van der Waals surface area contributed by atoms with Crippen LogP contribution in [0.1, 0.15) is 6.92 Å². The summed E-state index contributed by atoms with van der Waals surface area (Å²) in [7, 11) is 0. The highest BCUT2D eigenvalue weighted by Gasteiger charge is 1.87. The molecule has 0 heterocycles. The molecule has 0 aliphatic heterocycles. The summed E-state index contributed by atoms with van der Waals surface area (Å²) in [5.74, 6) is 0. The minimum atomic E-state index is 0.994. The molecule has 0 atom stereocenters. The standard InChI is InChI=1S/C13H16/c1-5-7-9-11-13(4)12(3)10-8-6-2/h5-11H,1-3H2,4H3/b9-7-,10-8-,13-11-. The van der Waals surface area contributed by atoms with E-state index in [1.807, 2.05) is 37.3 Å². The molecule has 0 aromatic carbocycles. The molecule has 0 N–H and O–H groups in total. The van der Waals surface area contributed by atoms with Gasteiger partial charge in [-0.2, -0.15) is 0 Å². The van der Waals surface area contributed by atoms with Gasteiger partial charge in [-0.15, -0.1) is 0 Å². The van der Waals surface area contributed by atoms with Gasteiger partial charge in [-0.1, -0.05) is 62.3 Å². The number of rotatable bonds is 5. The highest BCUT2D eigenvalue weighted by Crippen LogP contribution is 2.08. The highest BCUT2D eigenvalue weighted by molar-refractivity contribution is 5.38. The molecule has 68 valence electrons. The number of hydrogen-bond donors (Lipinski definition) is 0. The SMILES string of the molecule is C=C/C=C\C=C(\C)C(=C)/C=C\C=C. The average Bonchev–Trinajstić information content (AvgIpc) is 2.14. The Morgan fingerprint density at radius 2 is 1.62 bits per heavy atom. The van der Waals surface area contributed by atoms with Gasteiger partial charge >= 0.3 is 0 Å². The van der Waals surface area contributed by atoms with E-state index in [0.717, 1.165) is 11.1 Å². The van der Waals surface area contributed by atoms with Crippen LogP contribution in [0, 0.1) is 0 Å². The van der Waals surface area contributed by atoms with Crippen molar-refractivity contribution in [3.8, 4) is 0 Å². The minimum absolute atomic E-state index is 0.994. The zero-order chi connectivity index (χ0) is 10.1. The van der Waals surface area contributed by atoms with Gasteiger partial charge in [0, 0.05) is 0 Å². The van der Waals surface area contributed by atoms with Gasteiger partial charge in [0.15, 0.2) is 0 Å². The third kappa shape index (κ3) is 5.68. The third-order valence-corrected chi connectivity index (χ3v) is 1.53. The molecule has 0 radical (unpaired) electrons. The largest absolute Gasteiger partial charge is 0.0991 e. The third-order valence-electron chi connectivity index (χ3n) is 1.53. The average molecular weight is 172 g/mol. The second-order valence-corrected chi connectivity index (χ2v) is 2.59. The van der Waals surface area contributed by atoms with Crippen LogP contribution in [-0.2, 0) is 0 Å². The maximum absolute atomic E-state index is 3.91. The Labute approximate surface area is 81.0 Å². The van der Waals surface area contributed by atoms with Crippen molar-refractivity contribution in [1.82, 2.24) is 0 Å². The van der Waals surface area contributed by atoms with Gasteiger partial charge in [0.25, 0.3) is 0 Å². The van der Waals surface area contributed by atoms with Gasteiger partial charge in [-0.25, -0.2) is 0 Å². The predicted octanol–water partition coefficient (Wildman–Crippen LogP) is 3.97. The van der Waals surface area contributed by atoms with Crippen LogP contribution in [-0.4, -0.2) is 0 Å². The van der Waals surface area contributed by atoms with E-state index >= 15 is 0 Å². The highest BCUT2D eigenvalue weighted by atomic mass is 13.9. The van der Waals surface area contributed by atoms with E-state index in [1.165, 1.54) is 0 Å². The lowest BCUT2D eigenvalue weighted by atomic mass is 10.1. The molecule has 0 unspecified atom stereocenters. The van der Waals surface area contributed by atoms with E-state index in [4.69, 9.17) is 0 Å². The van der Waals surface area contributed by atoms with Gasteiger partial charge in [0.2, 0.25) is 0 Å². The zero-order valence-electron chi connectivity index (χ0n) is 8.16. The van der Waals surface area contributed by atoms with Crippen LogP contribution in [0.25, 0.3) is 0 Å².